The highest BCUT2D eigenvalue weighted by Crippen LogP contribution is 2.20. The van der Waals surface area contributed by atoms with E-state index in [-0.39, 0.29) is 6.04 Å². The molecule has 1 unspecified atom stereocenters. The molecule has 1 atom stereocenters. The second-order valence-electron chi connectivity index (χ2n) is 5.27. The van der Waals surface area contributed by atoms with Crippen molar-refractivity contribution in [1.82, 2.24) is 0 Å². The molecule has 2 N–H and O–H groups in total. The maximum Gasteiger partial charge on any atom is 0.118 e. The molecule has 0 aliphatic heterocycles. The molecule has 21 heavy (non-hydrogen) atoms. The molecular formula is C18H23NOS. The highest BCUT2D eigenvalue weighted by molar-refractivity contribution is 7.99. The van der Waals surface area contributed by atoms with Crippen molar-refractivity contribution < 1.29 is 4.74 Å². The van der Waals surface area contributed by atoms with Crippen LogP contribution in [0.1, 0.15) is 17.5 Å². The first-order valence-electron chi connectivity index (χ1n) is 7.25. The van der Waals surface area contributed by atoms with Gasteiger partial charge in [0.2, 0.25) is 0 Å². The molecule has 0 aliphatic rings. The molecule has 0 fully saturated rings. The summed E-state index contributed by atoms with van der Waals surface area (Å²) < 4.78 is 5.16. The van der Waals surface area contributed by atoms with Gasteiger partial charge in [0.15, 0.2) is 0 Å². The minimum atomic E-state index is 0.221. The topological polar surface area (TPSA) is 35.2 Å². The first-order chi connectivity index (χ1) is 10.2. The summed E-state index contributed by atoms with van der Waals surface area (Å²) in [4.78, 5) is 1.29. The van der Waals surface area contributed by atoms with Crippen molar-refractivity contribution in [2.24, 2.45) is 5.73 Å². The van der Waals surface area contributed by atoms with Gasteiger partial charge in [0, 0.05) is 16.7 Å². The van der Waals surface area contributed by atoms with Crippen molar-refractivity contribution in [3.05, 3.63) is 59.7 Å². The smallest absolute Gasteiger partial charge is 0.118 e. The fourth-order valence-corrected chi connectivity index (χ4v) is 2.97. The lowest BCUT2D eigenvalue weighted by molar-refractivity contribution is 0.414. The lowest BCUT2D eigenvalue weighted by Crippen LogP contribution is -2.23. The van der Waals surface area contributed by atoms with Gasteiger partial charge in [-0.05, 0) is 49.6 Å². The molecule has 0 radical (unpaired) electrons. The Hall–Kier alpha value is -1.45. The number of ether oxygens (including phenoxy) is 1. The van der Waals surface area contributed by atoms with Crippen molar-refractivity contribution >= 4 is 11.8 Å². The Bertz CT molecular complexity index is 536. The van der Waals surface area contributed by atoms with Crippen LogP contribution in [-0.2, 0) is 6.42 Å². The molecule has 112 valence electrons. The van der Waals surface area contributed by atoms with Crippen LogP contribution in [0.2, 0.25) is 0 Å². The monoisotopic (exact) mass is 301 g/mol. The average Bonchev–Trinajstić information content (AvgIpc) is 2.53. The molecule has 0 aliphatic carbocycles. The Morgan fingerprint density at radius 2 is 1.71 bits per heavy atom. The standard InChI is InChI=1S/C18H23NOS/c1-14-3-11-18(12-4-14)21-13-16(19)8-5-15-6-9-17(20-2)10-7-15/h3-4,6-7,9-12,16H,5,8,13,19H2,1-2H3. The van der Waals surface area contributed by atoms with Gasteiger partial charge in [0.1, 0.15) is 5.75 Å². The third-order valence-corrected chi connectivity index (χ3v) is 4.65. The fraction of sp³-hybridized carbons (Fsp3) is 0.333. The summed E-state index contributed by atoms with van der Waals surface area (Å²) in [6.45, 7) is 2.11. The van der Waals surface area contributed by atoms with Gasteiger partial charge in [-0.2, -0.15) is 0 Å². The van der Waals surface area contributed by atoms with Crippen LogP contribution in [0, 0.1) is 6.92 Å². The quantitative estimate of drug-likeness (QED) is 0.783. The summed E-state index contributed by atoms with van der Waals surface area (Å²) in [5, 5.41) is 0. The average molecular weight is 301 g/mol. The van der Waals surface area contributed by atoms with Crippen LogP contribution in [0.5, 0.6) is 5.75 Å². The van der Waals surface area contributed by atoms with E-state index >= 15 is 0 Å². The maximum absolute atomic E-state index is 6.21. The normalized spacial score (nSPS) is 12.1. The van der Waals surface area contributed by atoms with Crippen LogP contribution < -0.4 is 10.5 Å². The molecule has 0 saturated carbocycles. The summed E-state index contributed by atoms with van der Waals surface area (Å²) in [6, 6.07) is 17.1. The number of methoxy groups -OCH3 is 1. The summed E-state index contributed by atoms with van der Waals surface area (Å²) in [6.07, 6.45) is 2.02. The third-order valence-electron chi connectivity index (χ3n) is 3.45. The largest absolute Gasteiger partial charge is 0.497 e. The molecule has 0 amide bonds. The highest BCUT2D eigenvalue weighted by Gasteiger charge is 2.05. The lowest BCUT2D eigenvalue weighted by Gasteiger charge is -2.11. The minimum absolute atomic E-state index is 0.221. The van der Waals surface area contributed by atoms with E-state index in [9.17, 15) is 0 Å². The van der Waals surface area contributed by atoms with Crippen molar-refractivity contribution in [2.45, 2.75) is 30.7 Å². The summed E-state index contributed by atoms with van der Waals surface area (Å²) in [7, 11) is 1.69. The third kappa shape index (κ3) is 5.44. The molecule has 3 heteroatoms. The number of hydrogen-bond donors (Lipinski definition) is 1. The van der Waals surface area contributed by atoms with Gasteiger partial charge in [-0.1, -0.05) is 29.8 Å². The Labute approximate surface area is 131 Å². The number of aryl methyl sites for hydroxylation is 2. The fourth-order valence-electron chi connectivity index (χ4n) is 2.07. The van der Waals surface area contributed by atoms with Gasteiger partial charge in [-0.15, -0.1) is 11.8 Å². The molecule has 0 aromatic heterocycles. The molecule has 0 saturated heterocycles. The Balaban J connectivity index is 1.73. The van der Waals surface area contributed by atoms with Gasteiger partial charge >= 0.3 is 0 Å². The SMILES string of the molecule is COc1ccc(CCC(N)CSc2ccc(C)cc2)cc1. The van der Waals surface area contributed by atoms with E-state index in [1.54, 1.807) is 7.11 Å². The zero-order valence-electron chi connectivity index (χ0n) is 12.7. The van der Waals surface area contributed by atoms with Gasteiger partial charge < -0.3 is 10.5 Å². The molecule has 0 bridgehead atoms. The predicted molar refractivity (Wildman–Crippen MR) is 91.2 cm³/mol. The van der Waals surface area contributed by atoms with E-state index in [2.05, 4.69) is 43.3 Å². The van der Waals surface area contributed by atoms with Crippen LogP contribution >= 0.6 is 11.8 Å². The van der Waals surface area contributed by atoms with Gasteiger partial charge in [-0.3, -0.25) is 0 Å². The van der Waals surface area contributed by atoms with Crippen molar-refractivity contribution in [1.29, 1.82) is 0 Å². The van der Waals surface area contributed by atoms with E-state index in [0.717, 1.165) is 24.3 Å². The highest BCUT2D eigenvalue weighted by atomic mass is 32.2. The van der Waals surface area contributed by atoms with Crippen LogP contribution in [0.3, 0.4) is 0 Å². The van der Waals surface area contributed by atoms with Gasteiger partial charge in [0.05, 0.1) is 7.11 Å². The van der Waals surface area contributed by atoms with E-state index < -0.39 is 0 Å². The maximum atomic E-state index is 6.21. The molecule has 2 aromatic carbocycles. The molecule has 2 nitrogen and oxygen atoms in total. The van der Waals surface area contributed by atoms with Crippen molar-refractivity contribution in [2.75, 3.05) is 12.9 Å². The summed E-state index contributed by atoms with van der Waals surface area (Å²) >= 11 is 1.83. The van der Waals surface area contributed by atoms with E-state index in [0.29, 0.717) is 0 Å². The van der Waals surface area contributed by atoms with Gasteiger partial charge in [0.25, 0.3) is 0 Å². The van der Waals surface area contributed by atoms with Gasteiger partial charge in [-0.25, -0.2) is 0 Å². The molecular weight excluding hydrogens is 278 g/mol. The first kappa shape index (κ1) is 15.9. The Morgan fingerprint density at radius 1 is 1.05 bits per heavy atom. The second kappa shape index (κ2) is 8.11. The van der Waals surface area contributed by atoms with E-state index in [1.807, 2.05) is 23.9 Å². The van der Waals surface area contributed by atoms with Crippen LogP contribution in [0.15, 0.2) is 53.4 Å². The number of hydrogen-bond acceptors (Lipinski definition) is 3. The predicted octanol–water partition coefficient (Wildman–Crippen LogP) is 4.06. The molecule has 0 heterocycles. The van der Waals surface area contributed by atoms with E-state index in [4.69, 9.17) is 10.5 Å². The lowest BCUT2D eigenvalue weighted by atomic mass is 10.1. The summed E-state index contributed by atoms with van der Waals surface area (Å²) in [5.41, 5.74) is 8.82. The number of rotatable bonds is 7. The minimum Gasteiger partial charge on any atom is -0.497 e. The second-order valence-corrected chi connectivity index (χ2v) is 6.36. The molecule has 2 rings (SSSR count). The number of nitrogens with two attached hydrogens (primary N) is 1. The first-order valence-corrected chi connectivity index (χ1v) is 8.24. The van der Waals surface area contributed by atoms with E-state index in [1.165, 1.54) is 16.0 Å². The van der Waals surface area contributed by atoms with Crippen molar-refractivity contribution in [3.63, 3.8) is 0 Å². The van der Waals surface area contributed by atoms with Crippen LogP contribution in [0.25, 0.3) is 0 Å². The van der Waals surface area contributed by atoms with Crippen LogP contribution in [-0.4, -0.2) is 18.9 Å². The number of thioether (sulfide) groups is 1. The molecule has 0 spiro atoms. The zero-order valence-corrected chi connectivity index (χ0v) is 13.5. The van der Waals surface area contributed by atoms with Crippen molar-refractivity contribution in [3.8, 4) is 5.75 Å². The van der Waals surface area contributed by atoms with Crippen LogP contribution in [0.4, 0.5) is 0 Å². The summed E-state index contributed by atoms with van der Waals surface area (Å²) in [5.74, 6) is 1.86. The zero-order chi connectivity index (χ0) is 15.1. The Morgan fingerprint density at radius 3 is 2.33 bits per heavy atom. The molecule has 2 aromatic rings. The Kier molecular flexibility index (Phi) is 6.15. The number of benzene rings is 2.